The molecule has 5 nitrogen and oxygen atoms in total. The molecule has 3 rings (SSSR count). The van der Waals surface area contributed by atoms with Crippen LogP contribution in [0.5, 0.6) is 0 Å². The minimum Gasteiger partial charge on any atom is -0.447 e. The predicted molar refractivity (Wildman–Crippen MR) is 105 cm³/mol. The third kappa shape index (κ3) is 5.48. The van der Waals surface area contributed by atoms with Gasteiger partial charge in [-0.1, -0.05) is 18.2 Å². The van der Waals surface area contributed by atoms with Gasteiger partial charge in [-0.05, 0) is 30.7 Å². The summed E-state index contributed by atoms with van der Waals surface area (Å²) in [5.41, 5.74) is 1.28. The Morgan fingerprint density at radius 1 is 1.00 bits per heavy atom. The summed E-state index contributed by atoms with van der Waals surface area (Å²) >= 11 is 0. The number of oxazole rings is 1. The maximum absolute atomic E-state index is 14.2. The Hall–Kier alpha value is -3.13. The van der Waals surface area contributed by atoms with Crippen molar-refractivity contribution in [3.05, 3.63) is 88.9 Å². The van der Waals surface area contributed by atoms with Gasteiger partial charge in [0.25, 0.3) is 5.91 Å². The first kappa shape index (κ1) is 21.6. The average Bonchev–Trinajstić information content (AvgIpc) is 3.19. The van der Waals surface area contributed by atoms with Crippen LogP contribution in [0.25, 0.3) is 0 Å². The fourth-order valence-corrected chi connectivity index (χ4v) is 2.92. The minimum absolute atomic E-state index is 0.143. The molecule has 0 saturated heterocycles. The lowest BCUT2D eigenvalue weighted by Crippen LogP contribution is -2.27. The number of carbonyl (C=O) groups excluding carboxylic acids is 1. The highest BCUT2D eigenvalue weighted by Crippen LogP contribution is 2.18. The third-order valence-corrected chi connectivity index (χ3v) is 4.68. The zero-order chi connectivity index (χ0) is 21.7. The molecule has 0 fully saturated rings. The zero-order valence-electron chi connectivity index (χ0n) is 16.7. The van der Waals surface area contributed by atoms with Gasteiger partial charge in [0.2, 0.25) is 5.89 Å². The summed E-state index contributed by atoms with van der Waals surface area (Å²) in [6.45, 7) is 3.04. The van der Waals surface area contributed by atoms with Gasteiger partial charge in [0.05, 0.1) is 6.54 Å². The molecular formula is C22H22F3N3O2. The Balaban J connectivity index is 1.81. The molecule has 30 heavy (non-hydrogen) atoms. The van der Waals surface area contributed by atoms with Crippen molar-refractivity contribution in [2.24, 2.45) is 0 Å². The van der Waals surface area contributed by atoms with E-state index in [0.29, 0.717) is 18.7 Å². The molecule has 0 spiro atoms. The molecule has 3 aromatic rings. The molecule has 0 saturated carbocycles. The molecule has 0 radical (unpaired) electrons. The molecule has 0 aliphatic rings. The van der Waals surface area contributed by atoms with Crippen LogP contribution in [0.3, 0.4) is 0 Å². The number of rotatable bonds is 8. The molecule has 0 bridgehead atoms. The van der Waals surface area contributed by atoms with Crippen molar-refractivity contribution in [1.82, 2.24) is 14.8 Å². The molecular weight excluding hydrogens is 395 g/mol. The Morgan fingerprint density at radius 3 is 2.37 bits per heavy atom. The highest BCUT2D eigenvalue weighted by atomic mass is 19.1. The molecule has 0 atom stereocenters. The van der Waals surface area contributed by atoms with Crippen LogP contribution >= 0.6 is 0 Å². The standard InChI is InChI=1S/C22H22F3N3O2/c1-3-27(2)22(29)20-14-30-21(26-20)13-28(11-15-4-7-17(23)8-5-15)12-16-6-9-18(24)10-19(16)25/h4-10,14H,3,11-13H2,1-2H3. The summed E-state index contributed by atoms with van der Waals surface area (Å²) in [5, 5.41) is 0. The van der Waals surface area contributed by atoms with Crippen molar-refractivity contribution in [3.63, 3.8) is 0 Å². The number of carbonyl (C=O) groups is 1. The lowest BCUT2D eigenvalue weighted by molar-refractivity contribution is 0.0796. The van der Waals surface area contributed by atoms with Crippen molar-refractivity contribution >= 4 is 5.91 Å². The van der Waals surface area contributed by atoms with E-state index in [2.05, 4.69) is 4.98 Å². The highest BCUT2D eigenvalue weighted by Gasteiger charge is 2.18. The van der Waals surface area contributed by atoms with E-state index >= 15 is 0 Å². The molecule has 0 unspecified atom stereocenters. The maximum Gasteiger partial charge on any atom is 0.275 e. The predicted octanol–water partition coefficient (Wildman–Crippen LogP) is 4.39. The van der Waals surface area contributed by atoms with E-state index < -0.39 is 11.6 Å². The summed E-state index contributed by atoms with van der Waals surface area (Å²) in [7, 11) is 1.66. The van der Waals surface area contributed by atoms with Crippen LogP contribution in [0.4, 0.5) is 13.2 Å². The van der Waals surface area contributed by atoms with Crippen LogP contribution in [0.15, 0.2) is 53.1 Å². The van der Waals surface area contributed by atoms with Gasteiger partial charge >= 0.3 is 0 Å². The van der Waals surface area contributed by atoms with Gasteiger partial charge in [0, 0.05) is 38.3 Å². The summed E-state index contributed by atoms with van der Waals surface area (Å²) in [6, 6.07) is 9.34. The Kier molecular flexibility index (Phi) is 6.89. The van der Waals surface area contributed by atoms with Crippen LogP contribution in [0.2, 0.25) is 0 Å². The number of halogens is 3. The molecule has 0 N–H and O–H groups in total. The highest BCUT2D eigenvalue weighted by molar-refractivity contribution is 5.91. The topological polar surface area (TPSA) is 49.6 Å². The second-order valence-corrected chi connectivity index (χ2v) is 6.95. The Morgan fingerprint density at radius 2 is 1.70 bits per heavy atom. The summed E-state index contributed by atoms with van der Waals surface area (Å²) < 4.78 is 46.1. The summed E-state index contributed by atoms with van der Waals surface area (Å²) in [4.78, 5) is 19.8. The fourth-order valence-electron chi connectivity index (χ4n) is 2.92. The number of benzene rings is 2. The quantitative estimate of drug-likeness (QED) is 0.546. The largest absolute Gasteiger partial charge is 0.447 e. The van der Waals surface area contributed by atoms with Crippen LogP contribution < -0.4 is 0 Å². The van der Waals surface area contributed by atoms with Crippen molar-refractivity contribution in [2.45, 2.75) is 26.6 Å². The van der Waals surface area contributed by atoms with E-state index in [1.807, 2.05) is 11.8 Å². The zero-order valence-corrected chi connectivity index (χ0v) is 16.7. The van der Waals surface area contributed by atoms with Crippen molar-refractivity contribution in [1.29, 1.82) is 0 Å². The Labute approximate surface area is 172 Å². The maximum atomic E-state index is 14.2. The van der Waals surface area contributed by atoms with Crippen LogP contribution in [-0.2, 0) is 19.6 Å². The van der Waals surface area contributed by atoms with Gasteiger partial charge in [0.15, 0.2) is 5.69 Å². The molecule has 158 valence electrons. The third-order valence-electron chi connectivity index (χ3n) is 4.68. The first-order valence-corrected chi connectivity index (χ1v) is 9.46. The number of hydrogen-bond acceptors (Lipinski definition) is 4. The molecule has 2 aromatic carbocycles. The second kappa shape index (κ2) is 9.58. The van der Waals surface area contributed by atoms with Crippen LogP contribution in [0.1, 0.15) is 34.4 Å². The van der Waals surface area contributed by atoms with Crippen LogP contribution in [0, 0.1) is 17.5 Å². The van der Waals surface area contributed by atoms with E-state index in [1.165, 1.54) is 35.4 Å². The van der Waals surface area contributed by atoms with E-state index in [-0.39, 0.29) is 36.4 Å². The van der Waals surface area contributed by atoms with Gasteiger partial charge in [-0.3, -0.25) is 9.69 Å². The van der Waals surface area contributed by atoms with Gasteiger partial charge in [-0.15, -0.1) is 0 Å². The van der Waals surface area contributed by atoms with Crippen molar-refractivity contribution < 1.29 is 22.4 Å². The monoisotopic (exact) mass is 417 g/mol. The normalized spacial score (nSPS) is 11.1. The number of nitrogens with zero attached hydrogens (tertiary/aromatic N) is 3. The SMILES string of the molecule is CCN(C)C(=O)c1coc(CN(Cc2ccc(F)cc2)Cc2ccc(F)cc2F)n1. The molecule has 1 aromatic heterocycles. The average molecular weight is 417 g/mol. The van der Waals surface area contributed by atoms with Crippen LogP contribution in [-0.4, -0.2) is 34.3 Å². The number of aromatic nitrogens is 1. The first-order chi connectivity index (χ1) is 14.4. The van der Waals surface area contributed by atoms with Gasteiger partial charge in [-0.25, -0.2) is 18.2 Å². The second-order valence-electron chi connectivity index (χ2n) is 6.95. The van der Waals surface area contributed by atoms with Gasteiger partial charge in [-0.2, -0.15) is 0 Å². The molecule has 0 aliphatic carbocycles. The van der Waals surface area contributed by atoms with E-state index in [0.717, 1.165) is 11.6 Å². The first-order valence-electron chi connectivity index (χ1n) is 9.46. The molecule has 0 aliphatic heterocycles. The smallest absolute Gasteiger partial charge is 0.275 e. The van der Waals surface area contributed by atoms with E-state index in [9.17, 15) is 18.0 Å². The molecule has 1 heterocycles. The molecule has 8 heteroatoms. The lowest BCUT2D eigenvalue weighted by atomic mass is 10.1. The number of hydrogen-bond donors (Lipinski definition) is 0. The van der Waals surface area contributed by atoms with Crippen molar-refractivity contribution in [2.75, 3.05) is 13.6 Å². The molecule has 1 amide bonds. The number of amides is 1. The summed E-state index contributed by atoms with van der Waals surface area (Å²) in [6.07, 6.45) is 1.29. The Bertz CT molecular complexity index is 1010. The summed E-state index contributed by atoms with van der Waals surface area (Å²) in [5.74, 6) is -1.65. The van der Waals surface area contributed by atoms with E-state index in [1.54, 1.807) is 19.2 Å². The lowest BCUT2D eigenvalue weighted by Gasteiger charge is -2.21. The van der Waals surface area contributed by atoms with Crippen molar-refractivity contribution in [3.8, 4) is 0 Å². The van der Waals surface area contributed by atoms with E-state index in [4.69, 9.17) is 4.42 Å². The van der Waals surface area contributed by atoms with Gasteiger partial charge < -0.3 is 9.32 Å². The minimum atomic E-state index is -0.660. The fraction of sp³-hybridized carbons (Fsp3) is 0.273. The van der Waals surface area contributed by atoms with Gasteiger partial charge in [0.1, 0.15) is 23.7 Å².